The SMILES string of the molecule is Cc1cc(NC(=O)C(=O)NCCc2ccc3c(ccn3C)c2)no1. The fourth-order valence-corrected chi connectivity index (χ4v) is 2.49. The zero-order chi connectivity index (χ0) is 17.1. The summed E-state index contributed by atoms with van der Waals surface area (Å²) in [4.78, 5) is 23.5. The quantitative estimate of drug-likeness (QED) is 0.715. The molecule has 3 aromatic rings. The lowest BCUT2D eigenvalue weighted by Gasteiger charge is -2.05. The molecule has 124 valence electrons. The number of nitrogens with one attached hydrogen (secondary N) is 2. The molecule has 1 aromatic carbocycles. The number of benzene rings is 1. The Bertz CT molecular complexity index is 894. The Morgan fingerprint density at radius 3 is 2.79 bits per heavy atom. The van der Waals surface area contributed by atoms with Crippen molar-refractivity contribution in [1.29, 1.82) is 0 Å². The van der Waals surface area contributed by atoms with Crippen molar-refractivity contribution in [2.45, 2.75) is 13.3 Å². The Kier molecular flexibility index (Phi) is 4.33. The molecule has 2 amide bonds. The first-order valence-corrected chi connectivity index (χ1v) is 7.59. The van der Waals surface area contributed by atoms with Crippen molar-refractivity contribution in [2.75, 3.05) is 11.9 Å². The number of hydrogen-bond donors (Lipinski definition) is 2. The van der Waals surface area contributed by atoms with Crippen LogP contribution in [0.3, 0.4) is 0 Å². The summed E-state index contributed by atoms with van der Waals surface area (Å²) in [6.07, 6.45) is 2.65. The molecule has 2 aromatic heterocycles. The molecule has 7 nitrogen and oxygen atoms in total. The molecular weight excluding hydrogens is 308 g/mol. The summed E-state index contributed by atoms with van der Waals surface area (Å²) in [5, 5.41) is 9.74. The summed E-state index contributed by atoms with van der Waals surface area (Å²) in [7, 11) is 2.00. The van der Waals surface area contributed by atoms with Crippen LogP contribution in [0.25, 0.3) is 10.9 Å². The van der Waals surface area contributed by atoms with E-state index in [0.717, 1.165) is 16.5 Å². The molecule has 3 rings (SSSR count). The van der Waals surface area contributed by atoms with Gasteiger partial charge >= 0.3 is 11.8 Å². The molecule has 24 heavy (non-hydrogen) atoms. The molecule has 0 bridgehead atoms. The van der Waals surface area contributed by atoms with Gasteiger partial charge in [0.05, 0.1) is 0 Å². The minimum atomic E-state index is -0.762. The maximum atomic E-state index is 11.8. The zero-order valence-electron chi connectivity index (χ0n) is 13.5. The van der Waals surface area contributed by atoms with Crippen LogP contribution in [0, 0.1) is 6.92 Å². The van der Waals surface area contributed by atoms with Gasteiger partial charge in [-0.3, -0.25) is 14.9 Å². The van der Waals surface area contributed by atoms with E-state index in [2.05, 4.69) is 26.4 Å². The maximum Gasteiger partial charge on any atom is 0.314 e. The van der Waals surface area contributed by atoms with Gasteiger partial charge < -0.3 is 14.4 Å². The third kappa shape index (κ3) is 3.45. The van der Waals surface area contributed by atoms with E-state index < -0.39 is 11.8 Å². The van der Waals surface area contributed by atoms with E-state index in [0.29, 0.717) is 18.7 Å². The first-order valence-electron chi connectivity index (χ1n) is 7.59. The van der Waals surface area contributed by atoms with Crippen LogP contribution < -0.4 is 10.6 Å². The van der Waals surface area contributed by atoms with Crippen LogP contribution in [-0.2, 0) is 23.1 Å². The fraction of sp³-hybridized carbons (Fsp3) is 0.235. The summed E-state index contributed by atoms with van der Waals surface area (Å²) in [5.41, 5.74) is 2.26. The standard InChI is InChI=1S/C17H18N4O3/c1-11-9-15(20-24-11)19-17(23)16(22)18-7-5-12-3-4-14-13(10-12)6-8-21(14)2/h3-4,6,8-10H,5,7H2,1-2H3,(H,18,22)(H,19,20,23). The van der Waals surface area contributed by atoms with Crippen LogP contribution in [0.2, 0.25) is 0 Å². The smallest absolute Gasteiger partial charge is 0.314 e. The second-order valence-electron chi connectivity index (χ2n) is 5.60. The zero-order valence-corrected chi connectivity index (χ0v) is 13.5. The predicted molar refractivity (Wildman–Crippen MR) is 89.5 cm³/mol. The van der Waals surface area contributed by atoms with Crippen LogP contribution in [0.5, 0.6) is 0 Å². The van der Waals surface area contributed by atoms with E-state index in [1.54, 1.807) is 13.0 Å². The normalized spacial score (nSPS) is 10.8. The first kappa shape index (κ1) is 15.8. The number of aryl methyl sites for hydroxylation is 2. The first-order chi connectivity index (χ1) is 11.5. The van der Waals surface area contributed by atoms with Crippen molar-refractivity contribution in [3.63, 3.8) is 0 Å². The molecule has 0 aliphatic carbocycles. The molecule has 0 aliphatic heterocycles. The van der Waals surface area contributed by atoms with E-state index in [-0.39, 0.29) is 5.82 Å². The Hall–Kier alpha value is -3.09. The topological polar surface area (TPSA) is 89.2 Å². The summed E-state index contributed by atoms with van der Waals surface area (Å²) in [6, 6.07) is 9.74. The Labute approximate surface area is 138 Å². The van der Waals surface area contributed by atoms with Crippen molar-refractivity contribution in [3.8, 4) is 0 Å². The van der Waals surface area contributed by atoms with Gasteiger partial charge in [0, 0.05) is 31.4 Å². The molecule has 0 saturated heterocycles. The molecule has 7 heteroatoms. The molecule has 0 radical (unpaired) electrons. The predicted octanol–water partition coefficient (Wildman–Crippen LogP) is 1.77. The van der Waals surface area contributed by atoms with Gasteiger partial charge in [-0.05, 0) is 42.5 Å². The van der Waals surface area contributed by atoms with Crippen LogP contribution in [0.15, 0.2) is 41.1 Å². The second kappa shape index (κ2) is 6.57. The Morgan fingerprint density at radius 2 is 2.04 bits per heavy atom. The van der Waals surface area contributed by atoms with Gasteiger partial charge in [0.15, 0.2) is 5.82 Å². The summed E-state index contributed by atoms with van der Waals surface area (Å²) < 4.78 is 6.88. The van der Waals surface area contributed by atoms with Crippen molar-refractivity contribution in [2.24, 2.45) is 7.05 Å². The highest BCUT2D eigenvalue weighted by Crippen LogP contribution is 2.16. The minimum Gasteiger partial charge on any atom is -0.360 e. The van der Waals surface area contributed by atoms with Crippen LogP contribution in [0.1, 0.15) is 11.3 Å². The number of hydrogen-bond acceptors (Lipinski definition) is 4. The fourth-order valence-electron chi connectivity index (χ4n) is 2.49. The molecule has 0 fully saturated rings. The number of rotatable bonds is 4. The number of carbonyl (C=O) groups excluding carboxylic acids is 2. The van der Waals surface area contributed by atoms with Gasteiger partial charge in [-0.1, -0.05) is 11.2 Å². The minimum absolute atomic E-state index is 0.224. The van der Waals surface area contributed by atoms with E-state index in [1.807, 2.05) is 31.4 Å². The molecule has 0 unspecified atom stereocenters. The van der Waals surface area contributed by atoms with Crippen molar-refractivity contribution < 1.29 is 14.1 Å². The van der Waals surface area contributed by atoms with Gasteiger partial charge in [-0.25, -0.2) is 0 Å². The average molecular weight is 326 g/mol. The lowest BCUT2D eigenvalue weighted by molar-refractivity contribution is -0.136. The Balaban J connectivity index is 1.51. The highest BCUT2D eigenvalue weighted by Gasteiger charge is 2.14. The Morgan fingerprint density at radius 1 is 1.21 bits per heavy atom. The lowest BCUT2D eigenvalue weighted by Crippen LogP contribution is -2.36. The van der Waals surface area contributed by atoms with Crippen LogP contribution in [0.4, 0.5) is 5.82 Å². The van der Waals surface area contributed by atoms with Crippen molar-refractivity contribution >= 4 is 28.5 Å². The summed E-state index contributed by atoms with van der Waals surface area (Å²) in [6.45, 7) is 2.08. The number of anilines is 1. The van der Waals surface area contributed by atoms with Crippen LogP contribution in [-0.4, -0.2) is 28.1 Å². The molecule has 2 heterocycles. The molecule has 0 aliphatic rings. The van der Waals surface area contributed by atoms with Gasteiger partial charge in [-0.15, -0.1) is 0 Å². The maximum absolute atomic E-state index is 11.8. The summed E-state index contributed by atoms with van der Waals surface area (Å²) in [5.74, 6) is -0.678. The monoisotopic (exact) mass is 326 g/mol. The van der Waals surface area contributed by atoms with Gasteiger partial charge in [0.1, 0.15) is 5.76 Å². The number of carbonyl (C=O) groups is 2. The highest BCUT2D eigenvalue weighted by atomic mass is 16.5. The van der Waals surface area contributed by atoms with Gasteiger partial charge in [0.25, 0.3) is 0 Å². The lowest BCUT2D eigenvalue weighted by atomic mass is 10.1. The second-order valence-corrected chi connectivity index (χ2v) is 5.60. The third-order valence-corrected chi connectivity index (χ3v) is 3.72. The molecular formula is C17H18N4O3. The largest absolute Gasteiger partial charge is 0.360 e. The summed E-state index contributed by atoms with van der Waals surface area (Å²) >= 11 is 0. The van der Waals surface area contributed by atoms with Crippen molar-refractivity contribution in [1.82, 2.24) is 15.0 Å². The van der Waals surface area contributed by atoms with E-state index in [4.69, 9.17) is 4.52 Å². The molecule has 0 saturated carbocycles. The highest BCUT2D eigenvalue weighted by molar-refractivity contribution is 6.39. The molecule has 0 spiro atoms. The van der Waals surface area contributed by atoms with Crippen molar-refractivity contribution in [3.05, 3.63) is 47.9 Å². The third-order valence-electron chi connectivity index (χ3n) is 3.72. The number of aromatic nitrogens is 2. The number of fused-ring (bicyclic) bond motifs is 1. The molecule has 0 atom stereocenters. The number of nitrogens with zero attached hydrogens (tertiary/aromatic N) is 2. The van der Waals surface area contributed by atoms with Gasteiger partial charge in [-0.2, -0.15) is 0 Å². The average Bonchev–Trinajstić information content (AvgIpc) is 3.13. The van der Waals surface area contributed by atoms with E-state index >= 15 is 0 Å². The van der Waals surface area contributed by atoms with Crippen LogP contribution >= 0.6 is 0 Å². The van der Waals surface area contributed by atoms with Gasteiger partial charge in [0.2, 0.25) is 0 Å². The van der Waals surface area contributed by atoms with E-state index in [9.17, 15) is 9.59 Å². The number of amides is 2. The molecule has 2 N–H and O–H groups in total. The van der Waals surface area contributed by atoms with E-state index in [1.165, 1.54) is 0 Å².